The van der Waals surface area contributed by atoms with Gasteiger partial charge in [-0.05, 0) is 27.9 Å². The summed E-state index contributed by atoms with van der Waals surface area (Å²) < 4.78 is 0. The highest BCUT2D eigenvalue weighted by Gasteiger charge is 2.13. The minimum absolute atomic E-state index is 0.0394. The fourth-order valence-corrected chi connectivity index (χ4v) is 2.52. The van der Waals surface area contributed by atoms with Gasteiger partial charge in [-0.2, -0.15) is 0 Å². The zero-order chi connectivity index (χ0) is 14.4. The Hall–Kier alpha value is -0.980. The molecular formula is C13H24N4OS. The van der Waals surface area contributed by atoms with E-state index in [1.807, 2.05) is 12.3 Å². The van der Waals surface area contributed by atoms with E-state index in [9.17, 15) is 4.79 Å². The summed E-state index contributed by atoms with van der Waals surface area (Å²) in [5.74, 6) is 0.0394. The van der Waals surface area contributed by atoms with Gasteiger partial charge < -0.3 is 10.2 Å². The van der Waals surface area contributed by atoms with E-state index in [4.69, 9.17) is 0 Å². The van der Waals surface area contributed by atoms with Gasteiger partial charge in [0.05, 0.1) is 5.69 Å². The van der Waals surface area contributed by atoms with Crippen molar-refractivity contribution in [2.45, 2.75) is 33.4 Å². The van der Waals surface area contributed by atoms with Crippen LogP contribution in [0.1, 0.15) is 26.5 Å². The molecule has 0 aliphatic rings. The molecule has 6 heteroatoms. The molecule has 0 aliphatic heterocycles. The molecule has 0 bridgehead atoms. The number of nitrogens with zero attached hydrogens (tertiary/aromatic N) is 3. The number of carbonyl (C=O) groups is 1. The Kier molecular flexibility index (Phi) is 6.41. The molecule has 1 amide bonds. The van der Waals surface area contributed by atoms with Crippen molar-refractivity contribution in [1.29, 1.82) is 0 Å². The van der Waals surface area contributed by atoms with Gasteiger partial charge in [0.2, 0.25) is 5.91 Å². The van der Waals surface area contributed by atoms with Crippen molar-refractivity contribution in [3.8, 4) is 0 Å². The lowest BCUT2D eigenvalue weighted by molar-refractivity contribution is -0.116. The van der Waals surface area contributed by atoms with Gasteiger partial charge in [0.25, 0.3) is 0 Å². The lowest BCUT2D eigenvalue weighted by Gasteiger charge is -2.19. The number of aromatic nitrogens is 1. The number of nitrogens with one attached hydrogen (secondary N) is 1. The average molecular weight is 284 g/mol. The molecular weight excluding hydrogens is 260 g/mol. The molecule has 0 aliphatic carbocycles. The third-order valence-electron chi connectivity index (χ3n) is 3.09. The number of amides is 1. The number of anilines is 1. The zero-order valence-corrected chi connectivity index (χ0v) is 13.3. The van der Waals surface area contributed by atoms with Crippen molar-refractivity contribution in [2.24, 2.45) is 0 Å². The lowest BCUT2D eigenvalue weighted by Crippen LogP contribution is -2.35. The minimum atomic E-state index is 0.0394. The molecule has 1 atom stereocenters. The standard InChI is InChI=1S/C13H24N4OS/c1-6-17(11(3)18)13-15-12(9-19-13)8-14-7-10(2)16(4)5/h9-10,14H,6-8H2,1-5H3. The molecule has 1 rings (SSSR count). The Labute approximate surface area is 119 Å². The lowest BCUT2D eigenvalue weighted by atomic mass is 10.3. The van der Waals surface area contributed by atoms with Crippen LogP contribution < -0.4 is 10.2 Å². The molecule has 5 nitrogen and oxygen atoms in total. The normalized spacial score (nSPS) is 12.7. The van der Waals surface area contributed by atoms with Crippen LogP contribution in [0, 0.1) is 0 Å². The van der Waals surface area contributed by atoms with Gasteiger partial charge in [-0.15, -0.1) is 11.3 Å². The molecule has 19 heavy (non-hydrogen) atoms. The van der Waals surface area contributed by atoms with Crippen molar-refractivity contribution < 1.29 is 4.79 Å². The Morgan fingerprint density at radius 1 is 1.53 bits per heavy atom. The topological polar surface area (TPSA) is 48.5 Å². The highest BCUT2D eigenvalue weighted by molar-refractivity contribution is 7.14. The second kappa shape index (κ2) is 7.57. The second-order valence-corrected chi connectivity index (χ2v) is 5.66. The third-order valence-corrected chi connectivity index (χ3v) is 4.01. The van der Waals surface area contributed by atoms with Crippen LogP contribution in [0.2, 0.25) is 0 Å². The van der Waals surface area contributed by atoms with E-state index in [0.717, 1.165) is 23.9 Å². The zero-order valence-electron chi connectivity index (χ0n) is 12.4. The maximum atomic E-state index is 11.4. The molecule has 0 saturated heterocycles. The molecule has 1 aromatic heterocycles. The first kappa shape index (κ1) is 16.1. The van der Waals surface area contributed by atoms with Crippen LogP contribution >= 0.6 is 11.3 Å². The quantitative estimate of drug-likeness (QED) is 0.825. The van der Waals surface area contributed by atoms with E-state index in [0.29, 0.717) is 12.6 Å². The van der Waals surface area contributed by atoms with Gasteiger partial charge in [0, 0.05) is 38.0 Å². The third kappa shape index (κ3) is 4.89. The average Bonchev–Trinajstić information content (AvgIpc) is 2.77. The van der Waals surface area contributed by atoms with E-state index >= 15 is 0 Å². The van der Waals surface area contributed by atoms with Gasteiger partial charge in [0.1, 0.15) is 0 Å². The van der Waals surface area contributed by atoms with Gasteiger partial charge in [-0.1, -0.05) is 0 Å². The monoisotopic (exact) mass is 284 g/mol. The van der Waals surface area contributed by atoms with E-state index in [2.05, 4.69) is 36.2 Å². The molecule has 0 spiro atoms. The van der Waals surface area contributed by atoms with Crippen LogP contribution in [0.5, 0.6) is 0 Å². The summed E-state index contributed by atoms with van der Waals surface area (Å²) in [5, 5.41) is 6.17. The predicted molar refractivity (Wildman–Crippen MR) is 80.7 cm³/mol. The Morgan fingerprint density at radius 2 is 2.21 bits per heavy atom. The van der Waals surface area contributed by atoms with Gasteiger partial charge in [-0.3, -0.25) is 9.69 Å². The van der Waals surface area contributed by atoms with Crippen molar-refractivity contribution in [3.63, 3.8) is 0 Å². The van der Waals surface area contributed by atoms with Crippen LogP contribution in [-0.2, 0) is 11.3 Å². The Balaban J connectivity index is 2.49. The van der Waals surface area contributed by atoms with Crippen molar-refractivity contribution in [2.75, 3.05) is 32.1 Å². The van der Waals surface area contributed by atoms with Gasteiger partial charge >= 0.3 is 0 Å². The maximum Gasteiger partial charge on any atom is 0.225 e. The van der Waals surface area contributed by atoms with Crippen LogP contribution in [0.3, 0.4) is 0 Å². The van der Waals surface area contributed by atoms with Crippen LogP contribution in [-0.4, -0.2) is 49.0 Å². The van der Waals surface area contributed by atoms with Gasteiger partial charge in [-0.25, -0.2) is 4.98 Å². The second-order valence-electron chi connectivity index (χ2n) is 4.83. The van der Waals surface area contributed by atoms with Crippen LogP contribution in [0.25, 0.3) is 0 Å². The Bertz CT molecular complexity index is 405. The van der Waals surface area contributed by atoms with Crippen molar-refractivity contribution in [1.82, 2.24) is 15.2 Å². The number of hydrogen-bond acceptors (Lipinski definition) is 5. The first-order valence-corrected chi connectivity index (χ1v) is 7.43. The smallest absolute Gasteiger partial charge is 0.225 e. The summed E-state index contributed by atoms with van der Waals surface area (Å²) in [4.78, 5) is 19.8. The van der Waals surface area contributed by atoms with E-state index in [1.54, 1.807) is 11.8 Å². The summed E-state index contributed by atoms with van der Waals surface area (Å²) in [7, 11) is 4.14. The molecule has 1 N–H and O–H groups in total. The molecule has 0 saturated carbocycles. The molecule has 0 radical (unpaired) electrons. The van der Waals surface area contributed by atoms with Crippen molar-refractivity contribution in [3.05, 3.63) is 11.1 Å². The largest absolute Gasteiger partial charge is 0.310 e. The highest BCUT2D eigenvalue weighted by Crippen LogP contribution is 2.20. The molecule has 1 heterocycles. The van der Waals surface area contributed by atoms with E-state index in [1.165, 1.54) is 11.3 Å². The Morgan fingerprint density at radius 3 is 2.74 bits per heavy atom. The number of hydrogen-bond donors (Lipinski definition) is 1. The summed E-state index contributed by atoms with van der Waals surface area (Å²) in [5.41, 5.74) is 0.991. The fraction of sp³-hybridized carbons (Fsp3) is 0.692. The highest BCUT2D eigenvalue weighted by atomic mass is 32.1. The van der Waals surface area contributed by atoms with Crippen molar-refractivity contribution >= 4 is 22.4 Å². The minimum Gasteiger partial charge on any atom is -0.310 e. The number of carbonyl (C=O) groups excluding carboxylic acids is 1. The van der Waals surface area contributed by atoms with E-state index < -0.39 is 0 Å². The summed E-state index contributed by atoms with van der Waals surface area (Å²) >= 11 is 1.52. The first-order valence-electron chi connectivity index (χ1n) is 6.55. The maximum absolute atomic E-state index is 11.4. The van der Waals surface area contributed by atoms with Crippen LogP contribution in [0.15, 0.2) is 5.38 Å². The summed E-state index contributed by atoms with van der Waals surface area (Å²) in [6.07, 6.45) is 0. The number of thiazole rings is 1. The predicted octanol–water partition coefficient (Wildman–Crippen LogP) is 1.56. The first-order chi connectivity index (χ1) is 8.95. The molecule has 0 fully saturated rings. The molecule has 1 unspecified atom stereocenters. The van der Waals surface area contributed by atoms with Gasteiger partial charge in [0.15, 0.2) is 5.13 Å². The molecule has 0 aromatic carbocycles. The fourth-order valence-electron chi connectivity index (χ4n) is 1.59. The molecule has 108 valence electrons. The number of rotatable bonds is 7. The number of likely N-dealkylation sites (N-methyl/N-ethyl adjacent to an activating group) is 1. The summed E-state index contributed by atoms with van der Waals surface area (Å²) in [6, 6.07) is 0.488. The van der Waals surface area contributed by atoms with Crippen LogP contribution in [0.4, 0.5) is 5.13 Å². The SMILES string of the molecule is CCN(C(C)=O)c1nc(CNCC(C)N(C)C)cs1. The molecule has 1 aromatic rings. The van der Waals surface area contributed by atoms with E-state index in [-0.39, 0.29) is 5.91 Å². The summed E-state index contributed by atoms with van der Waals surface area (Å²) in [6.45, 7) is 8.02.